The zero-order valence-corrected chi connectivity index (χ0v) is 22.0. The summed E-state index contributed by atoms with van der Waals surface area (Å²) in [7, 11) is 0. The van der Waals surface area contributed by atoms with Crippen molar-refractivity contribution in [3.63, 3.8) is 0 Å². The fourth-order valence-corrected chi connectivity index (χ4v) is 5.57. The number of hydrogen-bond donors (Lipinski definition) is 3. The molecule has 10 heteroatoms. The Balaban J connectivity index is 1.21. The van der Waals surface area contributed by atoms with Gasteiger partial charge in [-0.25, -0.2) is 0 Å². The number of nitrogens with two attached hydrogens (primary N) is 1. The van der Waals surface area contributed by atoms with Gasteiger partial charge in [-0.3, -0.25) is 14.4 Å². The van der Waals surface area contributed by atoms with Gasteiger partial charge in [-0.2, -0.15) is 0 Å². The topological polar surface area (TPSA) is 126 Å². The molecule has 0 atom stereocenters. The fourth-order valence-electron chi connectivity index (χ4n) is 5.57. The van der Waals surface area contributed by atoms with E-state index < -0.39 is 0 Å². The maximum Gasteiger partial charge on any atom is 0.255 e. The minimum Gasteiger partial charge on any atom is -0.454 e. The number of piperazine rings is 1. The van der Waals surface area contributed by atoms with Crippen molar-refractivity contribution in [3.05, 3.63) is 47.5 Å². The lowest BCUT2D eigenvalue weighted by atomic mass is 9.91. The van der Waals surface area contributed by atoms with E-state index in [-0.39, 0.29) is 42.5 Å². The molecular weight excluding hydrogens is 498 g/mol. The quantitative estimate of drug-likeness (QED) is 0.521. The van der Waals surface area contributed by atoms with E-state index in [0.717, 1.165) is 44.2 Å². The second-order valence-corrected chi connectivity index (χ2v) is 10.9. The molecule has 39 heavy (non-hydrogen) atoms. The second kappa shape index (κ2) is 10.8. The summed E-state index contributed by atoms with van der Waals surface area (Å²) in [6.45, 7) is 2.70. The van der Waals surface area contributed by atoms with Gasteiger partial charge in [-0.05, 0) is 74.9 Å². The van der Waals surface area contributed by atoms with Crippen LogP contribution in [0.5, 0.6) is 11.5 Å². The number of nitrogens with zero attached hydrogens (tertiary/aromatic N) is 2. The molecule has 0 unspecified atom stereocenters. The number of anilines is 2. The van der Waals surface area contributed by atoms with Crippen LogP contribution in [-0.4, -0.2) is 67.7 Å². The first kappa shape index (κ1) is 25.5. The van der Waals surface area contributed by atoms with Crippen molar-refractivity contribution < 1.29 is 23.9 Å². The number of carbonyl (C=O) groups excluding carboxylic acids is 3. The van der Waals surface area contributed by atoms with Gasteiger partial charge in [-0.1, -0.05) is 0 Å². The summed E-state index contributed by atoms with van der Waals surface area (Å²) in [4.78, 5) is 43.1. The van der Waals surface area contributed by atoms with Crippen LogP contribution in [-0.2, 0) is 4.79 Å². The molecule has 2 aliphatic heterocycles. The summed E-state index contributed by atoms with van der Waals surface area (Å²) < 4.78 is 10.8. The highest BCUT2D eigenvalue weighted by Crippen LogP contribution is 2.35. The van der Waals surface area contributed by atoms with Gasteiger partial charge in [-0.15, -0.1) is 0 Å². The van der Waals surface area contributed by atoms with Crippen LogP contribution in [0.2, 0.25) is 0 Å². The Morgan fingerprint density at radius 3 is 2.23 bits per heavy atom. The van der Waals surface area contributed by atoms with Gasteiger partial charge in [0.25, 0.3) is 11.8 Å². The Bertz CT molecular complexity index is 1260. The third-order valence-electron chi connectivity index (χ3n) is 8.11. The smallest absolute Gasteiger partial charge is 0.255 e. The van der Waals surface area contributed by atoms with Crippen LogP contribution in [0.3, 0.4) is 0 Å². The average Bonchev–Trinajstić information content (AvgIpc) is 3.70. The Morgan fingerprint density at radius 2 is 1.49 bits per heavy atom. The monoisotopic (exact) mass is 533 g/mol. The van der Waals surface area contributed by atoms with Gasteiger partial charge in [0.2, 0.25) is 12.7 Å². The SMILES string of the molecule is NC1CCC(NC(=O)c2ccc(N3CCN(C(=O)C4CC4)CC3)c(NC(=O)c3ccc4c(c3)OCO4)c2)CC1. The lowest BCUT2D eigenvalue weighted by Gasteiger charge is -2.37. The molecule has 0 bridgehead atoms. The van der Waals surface area contributed by atoms with E-state index in [2.05, 4.69) is 15.5 Å². The van der Waals surface area contributed by atoms with E-state index in [1.165, 1.54) is 0 Å². The number of carbonyl (C=O) groups is 3. The standard InChI is InChI=1S/C29H35N5O5/c30-21-5-7-22(8-6-21)31-27(35)19-3-9-24(33-11-13-34(14-12-33)29(37)18-1-2-18)23(15-19)32-28(36)20-4-10-25-26(16-20)39-17-38-25/h3-4,9-10,15-16,18,21-22H,1-2,5-8,11-14,17,30H2,(H,31,35)(H,32,36). The highest BCUT2D eigenvalue weighted by atomic mass is 16.7. The van der Waals surface area contributed by atoms with Crippen molar-refractivity contribution in [2.75, 3.05) is 43.2 Å². The largest absolute Gasteiger partial charge is 0.454 e. The molecule has 2 saturated carbocycles. The van der Waals surface area contributed by atoms with Crippen LogP contribution < -0.4 is 30.7 Å². The molecule has 4 aliphatic rings. The molecule has 0 radical (unpaired) electrons. The van der Waals surface area contributed by atoms with E-state index in [1.54, 1.807) is 30.3 Å². The molecule has 2 heterocycles. The van der Waals surface area contributed by atoms with Gasteiger partial charge >= 0.3 is 0 Å². The number of fused-ring (bicyclic) bond motifs is 1. The third kappa shape index (κ3) is 5.66. The molecule has 1 saturated heterocycles. The van der Waals surface area contributed by atoms with Gasteiger partial charge in [0.05, 0.1) is 11.4 Å². The Morgan fingerprint density at radius 1 is 0.795 bits per heavy atom. The van der Waals surface area contributed by atoms with Crippen LogP contribution in [0.1, 0.15) is 59.2 Å². The minimum absolute atomic E-state index is 0.0979. The molecule has 6 rings (SSSR count). The van der Waals surface area contributed by atoms with Gasteiger partial charge in [0.15, 0.2) is 11.5 Å². The molecule has 206 valence electrons. The Labute approximate surface area is 227 Å². The second-order valence-electron chi connectivity index (χ2n) is 10.9. The van der Waals surface area contributed by atoms with E-state index in [1.807, 2.05) is 11.0 Å². The van der Waals surface area contributed by atoms with Crippen molar-refractivity contribution in [1.82, 2.24) is 10.2 Å². The van der Waals surface area contributed by atoms with E-state index in [9.17, 15) is 14.4 Å². The predicted molar refractivity (Wildman–Crippen MR) is 146 cm³/mol. The first-order valence-corrected chi connectivity index (χ1v) is 13.9. The van der Waals surface area contributed by atoms with Gasteiger partial charge in [0, 0.05) is 55.3 Å². The number of nitrogens with one attached hydrogen (secondary N) is 2. The van der Waals surface area contributed by atoms with Crippen LogP contribution in [0, 0.1) is 5.92 Å². The normalized spacial score (nSPS) is 22.4. The van der Waals surface area contributed by atoms with Crippen molar-refractivity contribution in [2.24, 2.45) is 11.7 Å². The number of benzene rings is 2. The molecule has 0 aromatic heterocycles. The van der Waals surface area contributed by atoms with Crippen molar-refractivity contribution >= 4 is 29.1 Å². The number of hydrogen-bond acceptors (Lipinski definition) is 7. The minimum atomic E-state index is -0.309. The molecule has 4 N–H and O–H groups in total. The van der Waals surface area contributed by atoms with Crippen molar-refractivity contribution in [3.8, 4) is 11.5 Å². The average molecular weight is 534 g/mol. The zero-order chi connectivity index (χ0) is 26.9. The molecule has 3 fully saturated rings. The van der Waals surface area contributed by atoms with E-state index in [0.29, 0.717) is 54.5 Å². The summed E-state index contributed by atoms with van der Waals surface area (Å²) in [6, 6.07) is 10.8. The highest BCUT2D eigenvalue weighted by Gasteiger charge is 2.35. The van der Waals surface area contributed by atoms with Crippen LogP contribution >= 0.6 is 0 Å². The summed E-state index contributed by atoms with van der Waals surface area (Å²) >= 11 is 0. The molecule has 2 aromatic carbocycles. The first-order chi connectivity index (χ1) is 18.9. The molecule has 0 spiro atoms. The van der Waals surface area contributed by atoms with Gasteiger partial charge in [0.1, 0.15) is 0 Å². The first-order valence-electron chi connectivity index (χ1n) is 13.9. The van der Waals surface area contributed by atoms with Gasteiger partial charge < -0.3 is 35.6 Å². The maximum atomic E-state index is 13.3. The third-order valence-corrected chi connectivity index (χ3v) is 8.11. The van der Waals surface area contributed by atoms with Crippen molar-refractivity contribution in [2.45, 2.75) is 50.6 Å². The zero-order valence-electron chi connectivity index (χ0n) is 22.0. The molecule has 10 nitrogen and oxygen atoms in total. The lowest BCUT2D eigenvalue weighted by Crippen LogP contribution is -2.49. The number of rotatable bonds is 6. The Kier molecular flexibility index (Phi) is 7.03. The lowest BCUT2D eigenvalue weighted by molar-refractivity contribution is -0.132. The van der Waals surface area contributed by atoms with E-state index in [4.69, 9.17) is 15.2 Å². The molecule has 2 aromatic rings. The highest BCUT2D eigenvalue weighted by molar-refractivity contribution is 6.07. The molecule has 3 amide bonds. The predicted octanol–water partition coefficient (Wildman–Crippen LogP) is 2.73. The summed E-state index contributed by atoms with van der Waals surface area (Å²) in [5.41, 5.74) is 8.31. The number of ether oxygens (including phenoxy) is 2. The Hall–Kier alpha value is -3.79. The van der Waals surface area contributed by atoms with E-state index >= 15 is 0 Å². The summed E-state index contributed by atoms with van der Waals surface area (Å²) in [5, 5.41) is 6.16. The van der Waals surface area contributed by atoms with Crippen molar-refractivity contribution in [1.29, 1.82) is 0 Å². The van der Waals surface area contributed by atoms with Crippen LogP contribution in [0.15, 0.2) is 36.4 Å². The number of amides is 3. The summed E-state index contributed by atoms with van der Waals surface area (Å²) in [5.74, 6) is 1.11. The van der Waals surface area contributed by atoms with Crippen LogP contribution in [0.4, 0.5) is 11.4 Å². The molecular formula is C29H35N5O5. The fraction of sp³-hybridized carbons (Fsp3) is 0.483. The molecule has 2 aliphatic carbocycles. The maximum absolute atomic E-state index is 13.3. The summed E-state index contributed by atoms with van der Waals surface area (Å²) in [6.07, 6.45) is 5.51. The van der Waals surface area contributed by atoms with Crippen LogP contribution in [0.25, 0.3) is 0 Å².